The Morgan fingerprint density at radius 2 is 1.86 bits per heavy atom. The van der Waals surface area contributed by atoms with E-state index in [1.807, 2.05) is 0 Å². The summed E-state index contributed by atoms with van der Waals surface area (Å²) in [6.07, 6.45) is 0. The van der Waals surface area contributed by atoms with E-state index in [-0.39, 0.29) is 19.1 Å². The molecule has 0 aliphatic heterocycles. The minimum atomic E-state index is -0.997. The van der Waals surface area contributed by atoms with E-state index in [9.17, 15) is 9.59 Å². The molecular formula is C8H15NO5. The predicted molar refractivity (Wildman–Crippen MR) is 48.0 cm³/mol. The van der Waals surface area contributed by atoms with Crippen LogP contribution in [-0.2, 0) is 19.1 Å². The molecule has 0 fully saturated rings. The first kappa shape index (κ1) is 12.9. The number of carbonyl (C=O) groups excluding carboxylic acids is 1. The first-order valence-electron chi connectivity index (χ1n) is 4.24. The topological polar surface area (TPSA) is 84.9 Å². The SMILES string of the molecule is CC(=O)NCCOCCOCC(=O)O. The minimum absolute atomic E-state index is 0.101. The summed E-state index contributed by atoms with van der Waals surface area (Å²) < 4.78 is 9.74. The molecule has 82 valence electrons. The highest BCUT2D eigenvalue weighted by molar-refractivity contribution is 5.72. The van der Waals surface area contributed by atoms with Gasteiger partial charge in [0.15, 0.2) is 0 Å². The van der Waals surface area contributed by atoms with Gasteiger partial charge in [-0.2, -0.15) is 0 Å². The number of nitrogens with one attached hydrogen (secondary N) is 1. The summed E-state index contributed by atoms with van der Waals surface area (Å²) in [7, 11) is 0. The molecule has 0 unspecified atom stereocenters. The van der Waals surface area contributed by atoms with Gasteiger partial charge < -0.3 is 19.9 Å². The molecule has 1 amide bonds. The number of hydrogen-bond acceptors (Lipinski definition) is 4. The molecule has 0 radical (unpaired) electrons. The Morgan fingerprint density at radius 3 is 2.43 bits per heavy atom. The lowest BCUT2D eigenvalue weighted by atomic mass is 10.6. The highest BCUT2D eigenvalue weighted by Crippen LogP contribution is 1.78. The molecule has 0 aromatic heterocycles. The predicted octanol–water partition coefficient (Wildman–Crippen LogP) is -0.760. The van der Waals surface area contributed by atoms with Gasteiger partial charge in [-0.05, 0) is 0 Å². The molecule has 0 bridgehead atoms. The molecule has 0 saturated heterocycles. The molecule has 0 aliphatic rings. The van der Waals surface area contributed by atoms with Crippen molar-refractivity contribution in [1.82, 2.24) is 5.32 Å². The molecule has 0 aromatic carbocycles. The van der Waals surface area contributed by atoms with Gasteiger partial charge >= 0.3 is 5.97 Å². The van der Waals surface area contributed by atoms with E-state index in [2.05, 4.69) is 5.32 Å². The highest BCUT2D eigenvalue weighted by Gasteiger charge is 1.95. The Bertz CT molecular complexity index is 163. The van der Waals surface area contributed by atoms with Gasteiger partial charge in [0, 0.05) is 13.5 Å². The normalized spacial score (nSPS) is 9.79. The minimum Gasteiger partial charge on any atom is -0.480 e. The maximum Gasteiger partial charge on any atom is 0.329 e. The van der Waals surface area contributed by atoms with Crippen molar-refractivity contribution in [3.05, 3.63) is 0 Å². The fourth-order valence-corrected chi connectivity index (χ4v) is 0.679. The van der Waals surface area contributed by atoms with Crippen LogP contribution in [0.4, 0.5) is 0 Å². The Kier molecular flexibility index (Phi) is 7.77. The third-order valence-electron chi connectivity index (χ3n) is 1.22. The second-order valence-electron chi connectivity index (χ2n) is 2.54. The number of amides is 1. The number of aliphatic carboxylic acids is 1. The Morgan fingerprint density at radius 1 is 1.21 bits per heavy atom. The number of carbonyl (C=O) groups is 2. The Labute approximate surface area is 82.2 Å². The second kappa shape index (κ2) is 8.46. The number of carboxylic acid groups (broad SMARTS) is 1. The first-order chi connectivity index (χ1) is 6.63. The molecule has 0 rings (SSSR count). The van der Waals surface area contributed by atoms with Crippen LogP contribution in [0, 0.1) is 0 Å². The monoisotopic (exact) mass is 205 g/mol. The largest absolute Gasteiger partial charge is 0.480 e. The molecule has 6 nitrogen and oxygen atoms in total. The fourth-order valence-electron chi connectivity index (χ4n) is 0.679. The Balaban J connectivity index is 2.99. The van der Waals surface area contributed by atoms with Crippen LogP contribution in [0.2, 0.25) is 0 Å². The van der Waals surface area contributed by atoms with Crippen molar-refractivity contribution in [2.24, 2.45) is 0 Å². The van der Waals surface area contributed by atoms with Crippen molar-refractivity contribution in [3.8, 4) is 0 Å². The van der Waals surface area contributed by atoms with E-state index >= 15 is 0 Å². The van der Waals surface area contributed by atoms with Gasteiger partial charge in [-0.15, -0.1) is 0 Å². The maximum atomic E-state index is 10.4. The number of hydrogen-bond donors (Lipinski definition) is 2. The molecule has 6 heteroatoms. The lowest BCUT2D eigenvalue weighted by molar-refractivity contribution is -0.142. The number of carboxylic acids is 1. The molecule has 0 aliphatic carbocycles. The summed E-state index contributed by atoms with van der Waals surface area (Å²) in [6, 6.07) is 0. The maximum absolute atomic E-state index is 10.4. The van der Waals surface area contributed by atoms with Crippen LogP contribution in [-0.4, -0.2) is 50.0 Å². The molecule has 0 aromatic rings. The lowest BCUT2D eigenvalue weighted by Gasteiger charge is -2.04. The molecule has 14 heavy (non-hydrogen) atoms. The summed E-state index contributed by atoms with van der Waals surface area (Å²) in [5.41, 5.74) is 0. The van der Waals surface area contributed by atoms with Gasteiger partial charge in [0.25, 0.3) is 0 Å². The molecule has 0 heterocycles. The van der Waals surface area contributed by atoms with Crippen LogP contribution in [0.3, 0.4) is 0 Å². The van der Waals surface area contributed by atoms with Crippen LogP contribution in [0.1, 0.15) is 6.92 Å². The van der Waals surface area contributed by atoms with E-state index < -0.39 is 5.97 Å². The zero-order valence-electron chi connectivity index (χ0n) is 8.12. The van der Waals surface area contributed by atoms with Crippen LogP contribution in [0.25, 0.3) is 0 Å². The third-order valence-corrected chi connectivity index (χ3v) is 1.22. The van der Waals surface area contributed by atoms with Gasteiger partial charge in [0.2, 0.25) is 5.91 Å². The fraction of sp³-hybridized carbons (Fsp3) is 0.750. The second-order valence-corrected chi connectivity index (χ2v) is 2.54. The highest BCUT2D eigenvalue weighted by atomic mass is 16.5. The smallest absolute Gasteiger partial charge is 0.329 e. The number of ether oxygens (including phenoxy) is 2. The molecule has 0 saturated carbocycles. The van der Waals surface area contributed by atoms with E-state index in [4.69, 9.17) is 14.6 Å². The van der Waals surface area contributed by atoms with Crippen LogP contribution >= 0.6 is 0 Å². The first-order valence-corrected chi connectivity index (χ1v) is 4.24. The summed E-state index contributed by atoms with van der Waals surface area (Å²) in [4.78, 5) is 20.4. The average molecular weight is 205 g/mol. The van der Waals surface area contributed by atoms with Crippen LogP contribution in [0.15, 0.2) is 0 Å². The van der Waals surface area contributed by atoms with E-state index in [0.29, 0.717) is 19.8 Å². The zero-order chi connectivity index (χ0) is 10.8. The quantitative estimate of drug-likeness (QED) is 0.509. The Hall–Kier alpha value is -1.14. The van der Waals surface area contributed by atoms with Gasteiger partial charge in [0.1, 0.15) is 6.61 Å². The zero-order valence-corrected chi connectivity index (χ0v) is 8.12. The average Bonchev–Trinajstić information content (AvgIpc) is 2.08. The standard InChI is InChI=1S/C8H15NO5/c1-7(10)9-2-3-13-4-5-14-6-8(11)12/h2-6H2,1H3,(H,9,10)(H,11,12). The van der Waals surface area contributed by atoms with Crippen molar-refractivity contribution < 1.29 is 24.2 Å². The van der Waals surface area contributed by atoms with E-state index in [1.165, 1.54) is 6.92 Å². The van der Waals surface area contributed by atoms with Crippen molar-refractivity contribution in [2.45, 2.75) is 6.92 Å². The van der Waals surface area contributed by atoms with Gasteiger partial charge in [-0.3, -0.25) is 4.79 Å². The molecule has 0 atom stereocenters. The summed E-state index contributed by atoms with van der Waals surface area (Å²) in [5.74, 6) is -1.10. The van der Waals surface area contributed by atoms with Crippen molar-refractivity contribution in [1.29, 1.82) is 0 Å². The summed E-state index contributed by atoms with van der Waals surface area (Å²) in [6.45, 7) is 2.54. The molecule has 2 N–H and O–H groups in total. The number of rotatable bonds is 8. The van der Waals surface area contributed by atoms with Crippen LogP contribution in [0.5, 0.6) is 0 Å². The van der Waals surface area contributed by atoms with Gasteiger partial charge in [-0.1, -0.05) is 0 Å². The summed E-state index contributed by atoms with van der Waals surface area (Å²) >= 11 is 0. The van der Waals surface area contributed by atoms with Gasteiger partial charge in [-0.25, -0.2) is 4.79 Å². The van der Waals surface area contributed by atoms with Gasteiger partial charge in [0.05, 0.1) is 19.8 Å². The van der Waals surface area contributed by atoms with Crippen molar-refractivity contribution >= 4 is 11.9 Å². The third kappa shape index (κ3) is 10.9. The molecular weight excluding hydrogens is 190 g/mol. The molecule has 0 spiro atoms. The van der Waals surface area contributed by atoms with E-state index in [0.717, 1.165) is 0 Å². The lowest BCUT2D eigenvalue weighted by Crippen LogP contribution is -2.25. The van der Waals surface area contributed by atoms with Crippen LogP contribution < -0.4 is 5.32 Å². The van der Waals surface area contributed by atoms with Crippen molar-refractivity contribution in [2.75, 3.05) is 33.0 Å². The summed E-state index contributed by atoms with van der Waals surface area (Å²) in [5, 5.41) is 10.8. The van der Waals surface area contributed by atoms with E-state index in [1.54, 1.807) is 0 Å². The van der Waals surface area contributed by atoms with Crippen molar-refractivity contribution in [3.63, 3.8) is 0 Å².